The molecule has 2 N–H and O–H groups in total. The van der Waals surface area contributed by atoms with Gasteiger partial charge in [0.15, 0.2) is 0 Å². The molecule has 0 aromatic heterocycles. The molecule has 0 heterocycles. The van der Waals surface area contributed by atoms with Crippen LogP contribution in [0, 0.1) is 11.7 Å². The Morgan fingerprint density at radius 3 is 2.67 bits per heavy atom. The Hall–Kier alpha value is -0.450. The van der Waals surface area contributed by atoms with Crippen LogP contribution in [-0.4, -0.2) is 18.8 Å². The van der Waals surface area contributed by atoms with Crippen LogP contribution in [0.3, 0.4) is 0 Å². The van der Waals surface area contributed by atoms with E-state index in [9.17, 15) is 4.39 Å². The van der Waals surface area contributed by atoms with Crippen LogP contribution in [0.2, 0.25) is 0 Å². The fourth-order valence-corrected chi connectivity index (χ4v) is 3.75. The molecule has 0 radical (unpaired) electrons. The molecule has 1 aliphatic rings. The highest BCUT2D eigenvalue weighted by molar-refractivity contribution is 9.10. The molecule has 21 heavy (non-hydrogen) atoms. The largest absolute Gasteiger partial charge is 0.377 e. The first-order valence-corrected chi connectivity index (χ1v) is 8.72. The van der Waals surface area contributed by atoms with Crippen molar-refractivity contribution in [2.45, 2.75) is 57.6 Å². The third kappa shape index (κ3) is 4.76. The third-order valence-electron chi connectivity index (χ3n) is 4.35. The van der Waals surface area contributed by atoms with E-state index in [2.05, 4.69) is 15.9 Å². The molecule has 0 aliphatic heterocycles. The smallest absolute Gasteiger partial charge is 0.137 e. The minimum absolute atomic E-state index is 0.0367. The molecule has 0 spiro atoms. The fraction of sp³-hybridized carbons (Fsp3) is 0.647. The maximum Gasteiger partial charge on any atom is 0.137 e. The minimum atomic E-state index is -0.235. The lowest BCUT2D eigenvalue weighted by Gasteiger charge is -2.34. The summed E-state index contributed by atoms with van der Waals surface area (Å²) in [7, 11) is 0. The number of ether oxygens (including phenoxy) is 1. The molecule has 1 aromatic rings. The van der Waals surface area contributed by atoms with Crippen molar-refractivity contribution in [3.8, 4) is 0 Å². The summed E-state index contributed by atoms with van der Waals surface area (Å²) >= 11 is 3.23. The second-order valence-electron chi connectivity index (χ2n) is 5.93. The van der Waals surface area contributed by atoms with Gasteiger partial charge in [-0.2, -0.15) is 0 Å². The number of rotatable bonds is 6. The molecule has 1 aliphatic carbocycles. The predicted molar refractivity (Wildman–Crippen MR) is 87.8 cm³/mol. The lowest BCUT2D eigenvalue weighted by Crippen LogP contribution is -2.44. The molecule has 2 nitrogen and oxygen atoms in total. The number of hydrogen-bond donors (Lipinski definition) is 1. The van der Waals surface area contributed by atoms with E-state index >= 15 is 0 Å². The van der Waals surface area contributed by atoms with Gasteiger partial charge in [-0.15, -0.1) is 0 Å². The molecule has 2 unspecified atom stereocenters. The van der Waals surface area contributed by atoms with Crippen molar-refractivity contribution in [2.75, 3.05) is 6.61 Å². The van der Waals surface area contributed by atoms with Crippen molar-refractivity contribution < 1.29 is 9.13 Å². The van der Waals surface area contributed by atoms with Crippen LogP contribution in [0.25, 0.3) is 0 Å². The Bertz CT molecular complexity index is 448. The summed E-state index contributed by atoms with van der Waals surface area (Å²) in [4.78, 5) is 0. The van der Waals surface area contributed by atoms with Gasteiger partial charge in [0, 0.05) is 12.6 Å². The van der Waals surface area contributed by atoms with E-state index in [4.69, 9.17) is 10.5 Å². The van der Waals surface area contributed by atoms with Gasteiger partial charge < -0.3 is 10.5 Å². The monoisotopic (exact) mass is 357 g/mol. The van der Waals surface area contributed by atoms with Gasteiger partial charge in [0.05, 0.1) is 10.6 Å². The number of nitrogens with two attached hydrogens (primary N) is 1. The normalized spacial score (nSPS) is 19.4. The van der Waals surface area contributed by atoms with E-state index in [-0.39, 0.29) is 18.0 Å². The van der Waals surface area contributed by atoms with E-state index < -0.39 is 0 Å². The van der Waals surface area contributed by atoms with Crippen LogP contribution in [0.4, 0.5) is 4.39 Å². The van der Waals surface area contributed by atoms with Crippen molar-refractivity contribution in [1.82, 2.24) is 0 Å². The average molecular weight is 358 g/mol. The summed E-state index contributed by atoms with van der Waals surface area (Å²) < 4.78 is 19.8. The highest BCUT2D eigenvalue weighted by Gasteiger charge is 2.29. The zero-order chi connectivity index (χ0) is 15.2. The molecular formula is C17H25BrFNO. The standard InChI is InChI=1S/C17H25BrFNO/c1-2-21-17(13-6-4-3-5-7-13)16(20)11-12-8-9-15(19)14(18)10-12/h8-10,13,16-17H,2-7,11,20H2,1H3. The maximum atomic E-state index is 13.3. The second-order valence-corrected chi connectivity index (χ2v) is 6.79. The first kappa shape index (κ1) is 16.9. The lowest BCUT2D eigenvalue weighted by molar-refractivity contribution is -0.00912. The van der Waals surface area contributed by atoms with Crippen molar-refractivity contribution in [3.05, 3.63) is 34.1 Å². The van der Waals surface area contributed by atoms with Crippen LogP contribution >= 0.6 is 15.9 Å². The van der Waals surface area contributed by atoms with Gasteiger partial charge >= 0.3 is 0 Å². The van der Waals surface area contributed by atoms with E-state index in [0.29, 0.717) is 17.0 Å². The minimum Gasteiger partial charge on any atom is -0.377 e. The highest BCUT2D eigenvalue weighted by atomic mass is 79.9. The highest BCUT2D eigenvalue weighted by Crippen LogP contribution is 2.30. The SMILES string of the molecule is CCOC(C(N)Cc1ccc(F)c(Br)c1)C1CCCCC1. The molecule has 1 fully saturated rings. The Balaban J connectivity index is 2.02. The Morgan fingerprint density at radius 1 is 1.33 bits per heavy atom. The van der Waals surface area contributed by atoms with E-state index in [1.54, 1.807) is 0 Å². The van der Waals surface area contributed by atoms with E-state index in [1.165, 1.54) is 38.2 Å². The second kappa shape index (κ2) is 8.25. The Kier molecular flexibility index (Phi) is 6.65. The fourth-order valence-electron chi connectivity index (χ4n) is 3.32. The van der Waals surface area contributed by atoms with Gasteiger partial charge in [-0.05, 0) is 65.7 Å². The number of halogens is 2. The zero-order valence-corrected chi connectivity index (χ0v) is 14.2. The van der Waals surface area contributed by atoms with E-state index in [1.807, 2.05) is 19.1 Å². The summed E-state index contributed by atoms with van der Waals surface area (Å²) in [5.74, 6) is 0.332. The van der Waals surface area contributed by atoms with Gasteiger partial charge in [-0.1, -0.05) is 25.3 Å². The van der Waals surface area contributed by atoms with Crippen LogP contribution in [-0.2, 0) is 11.2 Å². The topological polar surface area (TPSA) is 35.2 Å². The molecular weight excluding hydrogens is 333 g/mol. The zero-order valence-electron chi connectivity index (χ0n) is 12.7. The van der Waals surface area contributed by atoms with Crippen molar-refractivity contribution in [1.29, 1.82) is 0 Å². The Morgan fingerprint density at radius 2 is 2.05 bits per heavy atom. The summed E-state index contributed by atoms with van der Waals surface area (Å²) in [6.07, 6.45) is 7.15. The summed E-state index contributed by atoms with van der Waals surface area (Å²) in [5, 5.41) is 0. The quantitative estimate of drug-likeness (QED) is 0.816. The van der Waals surface area contributed by atoms with Crippen molar-refractivity contribution in [3.63, 3.8) is 0 Å². The van der Waals surface area contributed by atoms with Gasteiger partial charge in [0.25, 0.3) is 0 Å². The molecule has 1 aromatic carbocycles. The first-order chi connectivity index (χ1) is 10.1. The van der Waals surface area contributed by atoms with Gasteiger partial charge in [0.2, 0.25) is 0 Å². The molecule has 0 bridgehead atoms. The summed E-state index contributed by atoms with van der Waals surface area (Å²) in [6, 6.07) is 5.08. The van der Waals surface area contributed by atoms with Gasteiger partial charge in [0.1, 0.15) is 5.82 Å². The predicted octanol–water partition coefficient (Wildman–Crippen LogP) is 4.44. The molecule has 118 valence electrons. The number of benzene rings is 1. The molecule has 0 amide bonds. The van der Waals surface area contributed by atoms with Crippen LogP contribution < -0.4 is 5.73 Å². The molecule has 4 heteroatoms. The molecule has 1 saturated carbocycles. The van der Waals surface area contributed by atoms with Crippen LogP contribution in [0.1, 0.15) is 44.6 Å². The Labute approximate surface area is 135 Å². The third-order valence-corrected chi connectivity index (χ3v) is 4.96. The maximum absolute atomic E-state index is 13.3. The lowest BCUT2D eigenvalue weighted by atomic mass is 9.81. The first-order valence-electron chi connectivity index (χ1n) is 7.93. The van der Waals surface area contributed by atoms with Crippen LogP contribution in [0.5, 0.6) is 0 Å². The van der Waals surface area contributed by atoms with Gasteiger partial charge in [-0.3, -0.25) is 0 Å². The summed E-state index contributed by atoms with van der Waals surface area (Å²) in [6.45, 7) is 2.72. The van der Waals surface area contributed by atoms with Gasteiger partial charge in [-0.25, -0.2) is 4.39 Å². The number of hydrogen-bond acceptors (Lipinski definition) is 2. The van der Waals surface area contributed by atoms with Crippen LogP contribution in [0.15, 0.2) is 22.7 Å². The molecule has 2 atom stereocenters. The molecule has 0 saturated heterocycles. The molecule has 2 rings (SSSR count). The average Bonchev–Trinajstić information content (AvgIpc) is 2.49. The van der Waals surface area contributed by atoms with Crippen molar-refractivity contribution >= 4 is 15.9 Å². The summed E-state index contributed by atoms with van der Waals surface area (Å²) in [5.41, 5.74) is 7.47. The van der Waals surface area contributed by atoms with E-state index in [0.717, 1.165) is 12.0 Å². The van der Waals surface area contributed by atoms with Crippen molar-refractivity contribution in [2.24, 2.45) is 11.7 Å².